The molecule has 4 N–H and O–H groups in total. The van der Waals surface area contributed by atoms with Gasteiger partial charge in [0.15, 0.2) is 0 Å². The number of fused-ring (bicyclic) bond motifs is 1. The number of aromatic nitrogens is 1. The van der Waals surface area contributed by atoms with E-state index < -0.39 is 80.2 Å². The number of nitrogens with one attached hydrogen (secondary N) is 4. The van der Waals surface area contributed by atoms with Crippen molar-refractivity contribution in [3.05, 3.63) is 61.8 Å². The van der Waals surface area contributed by atoms with Gasteiger partial charge in [-0.15, -0.1) is 6.58 Å². The molecule has 16 heteroatoms. The van der Waals surface area contributed by atoms with Crippen molar-refractivity contribution in [2.75, 3.05) is 13.1 Å². The van der Waals surface area contributed by atoms with E-state index in [9.17, 15) is 32.4 Å². The lowest BCUT2D eigenvalue weighted by molar-refractivity contribution is -0.141. The summed E-state index contributed by atoms with van der Waals surface area (Å²) in [5.41, 5.74) is -2.51. The summed E-state index contributed by atoms with van der Waals surface area (Å²) in [5, 5.41) is 8.59. The second kappa shape index (κ2) is 14.1. The molecule has 1 aliphatic heterocycles. The van der Waals surface area contributed by atoms with Gasteiger partial charge in [-0.1, -0.05) is 30.9 Å². The Labute approximate surface area is 290 Å². The van der Waals surface area contributed by atoms with Gasteiger partial charge in [0.25, 0.3) is 5.91 Å². The van der Waals surface area contributed by atoms with E-state index in [0.29, 0.717) is 18.2 Å². The molecule has 5 atom stereocenters. The Kier molecular flexibility index (Phi) is 10.2. The summed E-state index contributed by atoms with van der Waals surface area (Å²) in [6, 6.07) is 6.58. The Hall–Kier alpha value is -4.99. The summed E-state index contributed by atoms with van der Waals surface area (Å²) >= 11 is 0. The molecule has 1 saturated heterocycles. The molecular formula is C34H42N6O9S. The molecule has 0 spiro atoms. The van der Waals surface area contributed by atoms with Gasteiger partial charge < -0.3 is 30.3 Å². The molecule has 1 aromatic carbocycles. The zero-order chi connectivity index (χ0) is 36.4. The van der Waals surface area contributed by atoms with Crippen molar-refractivity contribution in [2.24, 2.45) is 5.92 Å². The normalized spacial score (nSPS) is 23.6. The number of hydrogen-bond donors (Lipinski definition) is 4. The molecule has 2 aromatic rings. The highest BCUT2D eigenvalue weighted by atomic mass is 32.2. The van der Waals surface area contributed by atoms with Crippen molar-refractivity contribution < 1.29 is 41.9 Å². The van der Waals surface area contributed by atoms with Crippen LogP contribution in [0.4, 0.5) is 4.79 Å². The highest BCUT2D eigenvalue weighted by molar-refractivity contribution is 7.91. The lowest BCUT2D eigenvalue weighted by Gasteiger charge is -2.30. The number of sulfonamides is 1. The van der Waals surface area contributed by atoms with E-state index >= 15 is 0 Å². The van der Waals surface area contributed by atoms with Gasteiger partial charge in [0.05, 0.1) is 11.8 Å². The quantitative estimate of drug-likeness (QED) is 0.174. The predicted octanol–water partition coefficient (Wildman–Crippen LogP) is 1.45. The number of ether oxygens (including phenoxy) is 2. The van der Waals surface area contributed by atoms with Crippen molar-refractivity contribution in [3.8, 4) is 5.88 Å². The van der Waals surface area contributed by atoms with E-state index in [-0.39, 0.29) is 31.8 Å². The maximum absolute atomic E-state index is 14.2. The van der Waals surface area contributed by atoms with Gasteiger partial charge in [-0.25, -0.2) is 18.2 Å². The van der Waals surface area contributed by atoms with Gasteiger partial charge in [0.2, 0.25) is 33.6 Å². The average Bonchev–Trinajstić information content (AvgIpc) is 3.98. The molecule has 5 amide bonds. The maximum atomic E-state index is 14.2. The molecule has 3 aliphatic rings. The Morgan fingerprint density at radius 3 is 2.48 bits per heavy atom. The summed E-state index contributed by atoms with van der Waals surface area (Å²) in [4.78, 5) is 72.2. The smallest absolute Gasteiger partial charge is 0.408 e. The second-order valence-corrected chi connectivity index (χ2v) is 15.6. The van der Waals surface area contributed by atoms with Crippen molar-refractivity contribution >= 4 is 50.5 Å². The molecule has 0 bridgehead atoms. The molecule has 0 radical (unpaired) electrons. The third-order valence-corrected chi connectivity index (χ3v) is 10.5. The maximum Gasteiger partial charge on any atom is 0.408 e. The average molecular weight is 711 g/mol. The van der Waals surface area contributed by atoms with Crippen molar-refractivity contribution in [1.82, 2.24) is 30.6 Å². The van der Waals surface area contributed by atoms with Crippen LogP contribution in [0.3, 0.4) is 0 Å². The van der Waals surface area contributed by atoms with E-state index in [1.54, 1.807) is 27.0 Å². The minimum absolute atomic E-state index is 0.0442. The van der Waals surface area contributed by atoms with E-state index in [2.05, 4.69) is 38.8 Å². The number of amides is 5. The molecule has 2 aliphatic carbocycles. The molecule has 1 aromatic heterocycles. The Morgan fingerprint density at radius 1 is 1.12 bits per heavy atom. The predicted molar refractivity (Wildman–Crippen MR) is 182 cm³/mol. The Balaban J connectivity index is 1.43. The van der Waals surface area contributed by atoms with Crippen LogP contribution in [0.5, 0.6) is 5.88 Å². The van der Waals surface area contributed by atoms with Crippen LogP contribution in [-0.4, -0.2) is 95.7 Å². The fourth-order valence-corrected chi connectivity index (χ4v) is 7.23. The van der Waals surface area contributed by atoms with Crippen molar-refractivity contribution in [1.29, 1.82) is 0 Å². The number of nitrogens with zero attached hydrogens (tertiary/aromatic N) is 2. The van der Waals surface area contributed by atoms with Crippen LogP contribution in [0, 0.1) is 5.92 Å². The third-order valence-electron chi connectivity index (χ3n) is 8.67. The number of benzene rings is 1. The van der Waals surface area contributed by atoms with Gasteiger partial charge in [0.1, 0.15) is 29.3 Å². The standard InChI is InChI=1S/C34H42N6O9S/c1-6-21-17-34(21,31(44)39-50(46,47)23-12-13-23)38-28(42)26-16-22(48-29-24-11-9-8-10-20(24)14-15-35-29)19-40(26)30(43)25(18-36-27(41)7-2)37-32(45)49-33(3,4)5/h6-11,14-15,21-23,25-26H,1-2,12-13,16-19H2,3-5H3,(H,36,41)(H,37,45)(H,38,42)(H,39,44). The lowest BCUT2D eigenvalue weighted by Crippen LogP contribution is -2.59. The fraction of sp³-hybridized carbons (Fsp3) is 0.471. The molecule has 5 unspecified atom stereocenters. The number of likely N-dealkylation sites (tertiary alicyclic amines) is 1. The Bertz CT molecular complexity index is 1820. The third kappa shape index (κ3) is 8.23. The van der Waals surface area contributed by atoms with Gasteiger partial charge in [-0.05, 0) is 63.6 Å². The highest BCUT2D eigenvalue weighted by Gasteiger charge is 2.62. The van der Waals surface area contributed by atoms with E-state index in [0.717, 1.165) is 11.5 Å². The first-order valence-corrected chi connectivity index (χ1v) is 17.8. The fourth-order valence-electron chi connectivity index (χ4n) is 5.86. The number of carbonyl (C=O) groups excluding carboxylic acids is 5. The SMILES string of the molecule is C=CC(=O)NCC(NC(=O)OC(C)(C)C)C(=O)N1CC(Oc2nccc3ccccc23)CC1C(=O)NC1(C(=O)NS(=O)(=O)C2CC2)CC1C=C. The summed E-state index contributed by atoms with van der Waals surface area (Å²) < 4.78 is 39.0. The highest BCUT2D eigenvalue weighted by Crippen LogP contribution is 2.45. The van der Waals surface area contributed by atoms with Crippen LogP contribution in [0.15, 0.2) is 61.8 Å². The zero-order valence-electron chi connectivity index (χ0n) is 28.1. The molecule has 268 valence electrons. The number of hydrogen-bond acceptors (Lipinski definition) is 10. The first-order chi connectivity index (χ1) is 23.6. The van der Waals surface area contributed by atoms with E-state index in [1.165, 1.54) is 11.0 Å². The first-order valence-electron chi connectivity index (χ1n) is 16.3. The van der Waals surface area contributed by atoms with Crippen molar-refractivity contribution in [2.45, 2.75) is 81.0 Å². The number of alkyl carbamates (subject to hydrolysis) is 1. The van der Waals surface area contributed by atoms with Gasteiger partial charge >= 0.3 is 6.09 Å². The monoisotopic (exact) mass is 710 g/mol. The molecule has 2 heterocycles. The summed E-state index contributed by atoms with van der Waals surface area (Å²) in [5.74, 6) is -3.27. The summed E-state index contributed by atoms with van der Waals surface area (Å²) in [6.45, 7) is 11.6. The molecule has 50 heavy (non-hydrogen) atoms. The molecule has 5 rings (SSSR count). The zero-order valence-corrected chi connectivity index (χ0v) is 29.0. The van der Waals surface area contributed by atoms with Crippen molar-refractivity contribution in [3.63, 3.8) is 0 Å². The van der Waals surface area contributed by atoms with Crippen LogP contribution in [-0.2, 0) is 33.9 Å². The van der Waals surface area contributed by atoms with E-state index in [1.807, 2.05) is 30.3 Å². The van der Waals surface area contributed by atoms with Gasteiger partial charge in [0, 0.05) is 30.5 Å². The number of pyridine rings is 1. The van der Waals surface area contributed by atoms with Crippen LogP contribution < -0.4 is 25.4 Å². The first kappa shape index (κ1) is 36.3. The minimum atomic E-state index is -3.92. The number of rotatable bonds is 13. The summed E-state index contributed by atoms with van der Waals surface area (Å²) in [6.07, 6.45) is 3.26. The molecule has 2 saturated carbocycles. The molecule has 15 nitrogen and oxygen atoms in total. The second-order valence-electron chi connectivity index (χ2n) is 13.6. The summed E-state index contributed by atoms with van der Waals surface area (Å²) in [7, 11) is -3.92. The molecule has 3 fully saturated rings. The van der Waals surface area contributed by atoms with Crippen LogP contribution in [0.1, 0.15) is 46.5 Å². The van der Waals surface area contributed by atoms with Crippen LogP contribution >= 0.6 is 0 Å². The minimum Gasteiger partial charge on any atom is -0.472 e. The Morgan fingerprint density at radius 2 is 1.84 bits per heavy atom. The van der Waals surface area contributed by atoms with Gasteiger partial charge in [-0.3, -0.25) is 23.9 Å². The van der Waals surface area contributed by atoms with Crippen LogP contribution in [0.25, 0.3) is 10.8 Å². The molecular weight excluding hydrogens is 668 g/mol. The topological polar surface area (TPSA) is 202 Å². The van der Waals surface area contributed by atoms with E-state index in [4.69, 9.17) is 9.47 Å². The number of carbonyl (C=O) groups is 5. The van der Waals surface area contributed by atoms with Crippen LogP contribution in [0.2, 0.25) is 0 Å². The largest absolute Gasteiger partial charge is 0.472 e. The lowest BCUT2D eigenvalue weighted by atomic mass is 10.1. The van der Waals surface area contributed by atoms with Gasteiger partial charge in [-0.2, -0.15) is 0 Å².